The molecule has 1 amide bonds. The molecular weight excluding hydrogens is 328 g/mol. The van der Waals surface area contributed by atoms with Gasteiger partial charge in [0, 0.05) is 51.4 Å². The summed E-state index contributed by atoms with van der Waals surface area (Å²) in [5.41, 5.74) is 1.07. The molecule has 2 rings (SSSR count). The SMILES string of the molecule is CN=C(NCCC(=O)Nc1ccc(C)cn1)NC1CN(C(C)C)CC1C. The highest BCUT2D eigenvalue weighted by Gasteiger charge is 2.31. The summed E-state index contributed by atoms with van der Waals surface area (Å²) < 4.78 is 0. The van der Waals surface area contributed by atoms with Crippen molar-refractivity contribution in [3.05, 3.63) is 23.9 Å². The first-order valence-corrected chi connectivity index (χ1v) is 9.32. The van der Waals surface area contributed by atoms with Crippen LogP contribution in [-0.4, -0.2) is 60.5 Å². The lowest BCUT2D eigenvalue weighted by Gasteiger charge is -2.21. The molecule has 0 saturated carbocycles. The number of carbonyl (C=O) groups is 1. The van der Waals surface area contributed by atoms with E-state index >= 15 is 0 Å². The molecule has 2 atom stereocenters. The second kappa shape index (κ2) is 9.52. The number of likely N-dealkylation sites (tertiary alicyclic amines) is 1. The average molecular weight is 361 g/mol. The van der Waals surface area contributed by atoms with E-state index in [4.69, 9.17) is 0 Å². The van der Waals surface area contributed by atoms with Crippen LogP contribution in [0.5, 0.6) is 0 Å². The van der Waals surface area contributed by atoms with Crippen LogP contribution in [0.4, 0.5) is 5.82 Å². The standard InChI is InChI=1S/C19H32N6O/c1-13(2)25-11-15(4)16(12-25)23-19(20-5)21-9-8-18(26)24-17-7-6-14(3)10-22-17/h6-7,10,13,15-16H,8-9,11-12H2,1-5H3,(H2,20,21,23)(H,22,24,26). The van der Waals surface area contributed by atoms with E-state index in [1.54, 1.807) is 13.2 Å². The number of hydrogen-bond acceptors (Lipinski definition) is 4. The molecule has 0 radical (unpaired) electrons. The van der Waals surface area contributed by atoms with E-state index in [-0.39, 0.29) is 5.91 Å². The van der Waals surface area contributed by atoms with E-state index in [9.17, 15) is 4.79 Å². The van der Waals surface area contributed by atoms with Crippen molar-refractivity contribution in [1.29, 1.82) is 0 Å². The van der Waals surface area contributed by atoms with Crippen LogP contribution in [0.15, 0.2) is 23.3 Å². The zero-order valence-corrected chi connectivity index (χ0v) is 16.5. The summed E-state index contributed by atoms with van der Waals surface area (Å²) in [6.45, 7) is 11.3. The van der Waals surface area contributed by atoms with Crippen molar-refractivity contribution >= 4 is 17.7 Å². The predicted molar refractivity (Wildman–Crippen MR) is 106 cm³/mol. The molecule has 0 spiro atoms. The van der Waals surface area contributed by atoms with Crippen LogP contribution < -0.4 is 16.0 Å². The molecule has 1 aromatic rings. The minimum atomic E-state index is -0.0653. The number of guanidine groups is 1. The van der Waals surface area contributed by atoms with Crippen molar-refractivity contribution < 1.29 is 4.79 Å². The molecule has 2 heterocycles. The van der Waals surface area contributed by atoms with Crippen LogP contribution in [-0.2, 0) is 4.79 Å². The van der Waals surface area contributed by atoms with Gasteiger partial charge >= 0.3 is 0 Å². The maximum Gasteiger partial charge on any atom is 0.227 e. The van der Waals surface area contributed by atoms with Crippen molar-refractivity contribution in [1.82, 2.24) is 20.5 Å². The molecular formula is C19H32N6O. The Morgan fingerprint density at radius 3 is 2.73 bits per heavy atom. The molecule has 3 N–H and O–H groups in total. The number of anilines is 1. The van der Waals surface area contributed by atoms with Gasteiger partial charge in [-0.15, -0.1) is 0 Å². The van der Waals surface area contributed by atoms with Crippen LogP contribution in [0.1, 0.15) is 32.8 Å². The van der Waals surface area contributed by atoms with Gasteiger partial charge in [-0.25, -0.2) is 4.98 Å². The summed E-state index contributed by atoms with van der Waals surface area (Å²) in [5.74, 6) is 1.82. The maximum absolute atomic E-state index is 12.0. The minimum Gasteiger partial charge on any atom is -0.356 e. The number of aryl methyl sites for hydroxylation is 1. The van der Waals surface area contributed by atoms with Gasteiger partial charge in [0.1, 0.15) is 5.82 Å². The Labute approximate surface area is 156 Å². The van der Waals surface area contributed by atoms with E-state index in [1.165, 1.54) is 0 Å². The van der Waals surface area contributed by atoms with Gasteiger partial charge in [0.2, 0.25) is 5.91 Å². The highest BCUT2D eigenvalue weighted by atomic mass is 16.1. The van der Waals surface area contributed by atoms with Gasteiger partial charge in [-0.2, -0.15) is 0 Å². The molecule has 2 unspecified atom stereocenters. The third-order valence-electron chi connectivity index (χ3n) is 4.74. The first-order chi connectivity index (χ1) is 12.4. The molecule has 7 nitrogen and oxygen atoms in total. The van der Waals surface area contributed by atoms with Gasteiger partial charge in [0.25, 0.3) is 0 Å². The Morgan fingerprint density at radius 1 is 1.38 bits per heavy atom. The molecule has 0 aliphatic carbocycles. The molecule has 1 aliphatic heterocycles. The summed E-state index contributed by atoms with van der Waals surface area (Å²) in [7, 11) is 1.76. The zero-order valence-electron chi connectivity index (χ0n) is 16.5. The number of nitrogens with zero attached hydrogens (tertiary/aromatic N) is 3. The number of carbonyl (C=O) groups excluding carboxylic acids is 1. The van der Waals surface area contributed by atoms with Crippen molar-refractivity contribution in [2.75, 3.05) is 32.0 Å². The zero-order chi connectivity index (χ0) is 19.1. The summed E-state index contributed by atoms with van der Waals surface area (Å²) in [4.78, 5) is 23.0. The molecule has 1 saturated heterocycles. The fraction of sp³-hybridized carbons (Fsp3) is 0.632. The van der Waals surface area contributed by atoms with Crippen LogP contribution in [0.25, 0.3) is 0 Å². The second-order valence-electron chi connectivity index (χ2n) is 7.29. The fourth-order valence-electron chi connectivity index (χ4n) is 3.03. The number of pyridine rings is 1. The maximum atomic E-state index is 12.0. The van der Waals surface area contributed by atoms with E-state index in [1.807, 2.05) is 19.1 Å². The van der Waals surface area contributed by atoms with Gasteiger partial charge in [0.05, 0.1) is 0 Å². The quantitative estimate of drug-likeness (QED) is 0.530. The largest absolute Gasteiger partial charge is 0.356 e. The Balaban J connectivity index is 1.73. The lowest BCUT2D eigenvalue weighted by atomic mass is 10.1. The summed E-state index contributed by atoms with van der Waals surface area (Å²) >= 11 is 0. The molecule has 26 heavy (non-hydrogen) atoms. The fourth-order valence-corrected chi connectivity index (χ4v) is 3.03. The molecule has 144 valence electrons. The number of aromatic nitrogens is 1. The molecule has 0 aromatic carbocycles. The smallest absolute Gasteiger partial charge is 0.227 e. The van der Waals surface area contributed by atoms with Crippen molar-refractivity contribution in [3.8, 4) is 0 Å². The first kappa shape index (κ1) is 20.2. The van der Waals surface area contributed by atoms with Gasteiger partial charge in [0.15, 0.2) is 5.96 Å². The average Bonchev–Trinajstić information content (AvgIpc) is 2.97. The van der Waals surface area contributed by atoms with Crippen LogP contribution in [0.3, 0.4) is 0 Å². The molecule has 0 bridgehead atoms. The lowest BCUT2D eigenvalue weighted by molar-refractivity contribution is -0.116. The summed E-state index contributed by atoms with van der Waals surface area (Å²) in [5, 5.41) is 9.51. The summed E-state index contributed by atoms with van der Waals surface area (Å²) in [6, 6.07) is 4.66. The van der Waals surface area contributed by atoms with E-state index in [0.29, 0.717) is 36.8 Å². The third kappa shape index (κ3) is 5.98. The lowest BCUT2D eigenvalue weighted by Crippen LogP contribution is -2.47. The topological polar surface area (TPSA) is 81.6 Å². The van der Waals surface area contributed by atoms with Gasteiger partial charge < -0.3 is 16.0 Å². The normalized spacial score (nSPS) is 21.1. The Kier molecular flexibility index (Phi) is 7.38. The molecule has 1 fully saturated rings. The number of nitrogens with one attached hydrogen (secondary N) is 3. The Morgan fingerprint density at radius 2 is 2.15 bits per heavy atom. The van der Waals surface area contributed by atoms with E-state index < -0.39 is 0 Å². The highest BCUT2D eigenvalue weighted by Crippen LogP contribution is 2.18. The predicted octanol–water partition coefficient (Wildman–Crippen LogP) is 1.61. The Bertz CT molecular complexity index is 613. The van der Waals surface area contributed by atoms with Crippen LogP contribution in [0, 0.1) is 12.8 Å². The first-order valence-electron chi connectivity index (χ1n) is 9.32. The number of hydrogen-bond donors (Lipinski definition) is 3. The summed E-state index contributed by atoms with van der Waals surface area (Å²) in [6.07, 6.45) is 2.09. The number of aliphatic imine (C=N–C) groups is 1. The van der Waals surface area contributed by atoms with E-state index in [2.05, 4.69) is 51.6 Å². The van der Waals surface area contributed by atoms with Crippen LogP contribution >= 0.6 is 0 Å². The second-order valence-corrected chi connectivity index (χ2v) is 7.29. The molecule has 7 heteroatoms. The van der Waals surface area contributed by atoms with Gasteiger partial charge in [-0.3, -0.25) is 14.7 Å². The highest BCUT2D eigenvalue weighted by molar-refractivity contribution is 5.90. The van der Waals surface area contributed by atoms with Crippen molar-refractivity contribution in [2.45, 2.75) is 46.2 Å². The Hall–Kier alpha value is -2.15. The van der Waals surface area contributed by atoms with Crippen LogP contribution in [0.2, 0.25) is 0 Å². The molecule has 1 aliphatic rings. The van der Waals surface area contributed by atoms with Crippen molar-refractivity contribution in [3.63, 3.8) is 0 Å². The third-order valence-corrected chi connectivity index (χ3v) is 4.74. The number of amides is 1. The minimum absolute atomic E-state index is 0.0653. The van der Waals surface area contributed by atoms with Crippen molar-refractivity contribution in [2.24, 2.45) is 10.9 Å². The number of rotatable bonds is 6. The van der Waals surface area contributed by atoms with Gasteiger partial charge in [-0.1, -0.05) is 13.0 Å². The van der Waals surface area contributed by atoms with E-state index in [0.717, 1.165) is 24.6 Å². The monoisotopic (exact) mass is 360 g/mol. The van der Waals surface area contributed by atoms with Gasteiger partial charge in [-0.05, 0) is 38.3 Å². The molecule has 1 aromatic heterocycles.